The zero-order valence-electron chi connectivity index (χ0n) is 12.0. The van der Waals surface area contributed by atoms with Gasteiger partial charge in [0, 0.05) is 18.7 Å². The molecule has 0 aliphatic carbocycles. The minimum atomic E-state index is -0.208. The lowest BCUT2D eigenvalue weighted by molar-refractivity contribution is 0.534. The van der Waals surface area contributed by atoms with Gasteiger partial charge in [0.2, 0.25) is 0 Å². The first-order valence-electron chi connectivity index (χ1n) is 6.45. The standard InChI is InChI=1S/C12H18N6OS/c1-5-13-9-6-10(15-8(4)14-9)20-12-17-16-11(19)18(12)7(2)3/h6-7H,5H2,1-4H3,(H,16,19)(H,13,14,15). The van der Waals surface area contributed by atoms with Gasteiger partial charge in [-0.2, -0.15) is 0 Å². The smallest absolute Gasteiger partial charge is 0.344 e. The molecule has 8 heteroatoms. The molecule has 0 fully saturated rings. The predicted molar refractivity (Wildman–Crippen MR) is 78.3 cm³/mol. The van der Waals surface area contributed by atoms with E-state index in [9.17, 15) is 4.79 Å². The van der Waals surface area contributed by atoms with Crippen LogP contribution >= 0.6 is 11.8 Å². The highest BCUT2D eigenvalue weighted by atomic mass is 32.2. The monoisotopic (exact) mass is 294 g/mol. The van der Waals surface area contributed by atoms with E-state index in [-0.39, 0.29) is 11.7 Å². The fourth-order valence-corrected chi connectivity index (χ4v) is 2.79. The van der Waals surface area contributed by atoms with Crippen LogP contribution < -0.4 is 11.0 Å². The lowest BCUT2D eigenvalue weighted by atomic mass is 10.4. The summed E-state index contributed by atoms with van der Waals surface area (Å²) in [6.07, 6.45) is 0. The molecule has 2 heterocycles. The van der Waals surface area contributed by atoms with E-state index >= 15 is 0 Å². The molecule has 0 bridgehead atoms. The van der Waals surface area contributed by atoms with Crippen molar-refractivity contribution in [2.24, 2.45) is 0 Å². The van der Waals surface area contributed by atoms with Crippen LogP contribution in [0.1, 0.15) is 32.6 Å². The molecular formula is C12H18N6OS. The normalized spacial score (nSPS) is 11.1. The van der Waals surface area contributed by atoms with E-state index in [4.69, 9.17) is 0 Å². The lowest BCUT2D eigenvalue weighted by Gasteiger charge is -2.09. The van der Waals surface area contributed by atoms with Gasteiger partial charge in [-0.3, -0.25) is 4.57 Å². The molecule has 108 valence electrons. The number of rotatable bonds is 5. The van der Waals surface area contributed by atoms with Crippen LogP contribution in [0.25, 0.3) is 0 Å². The van der Waals surface area contributed by atoms with Crippen LogP contribution in [0.2, 0.25) is 0 Å². The second-order valence-electron chi connectivity index (χ2n) is 4.55. The highest BCUT2D eigenvalue weighted by molar-refractivity contribution is 7.99. The lowest BCUT2D eigenvalue weighted by Crippen LogP contribution is -2.19. The molecule has 2 rings (SSSR count). The molecule has 0 saturated carbocycles. The molecule has 7 nitrogen and oxygen atoms in total. The molecule has 0 unspecified atom stereocenters. The quantitative estimate of drug-likeness (QED) is 0.818. The Hall–Kier alpha value is -1.83. The molecule has 0 amide bonds. The van der Waals surface area contributed by atoms with Crippen molar-refractivity contribution in [1.29, 1.82) is 0 Å². The summed E-state index contributed by atoms with van der Waals surface area (Å²) in [5.41, 5.74) is -0.208. The first-order valence-corrected chi connectivity index (χ1v) is 7.27. The fourth-order valence-electron chi connectivity index (χ4n) is 1.78. The summed E-state index contributed by atoms with van der Waals surface area (Å²) >= 11 is 1.35. The zero-order chi connectivity index (χ0) is 14.7. The predicted octanol–water partition coefficient (Wildman–Crippen LogP) is 1.83. The fraction of sp³-hybridized carbons (Fsp3) is 0.500. The van der Waals surface area contributed by atoms with E-state index < -0.39 is 0 Å². The first kappa shape index (κ1) is 14.6. The van der Waals surface area contributed by atoms with Crippen molar-refractivity contribution < 1.29 is 0 Å². The number of aryl methyl sites for hydroxylation is 1. The molecule has 0 saturated heterocycles. The Bertz CT molecular complexity index is 648. The van der Waals surface area contributed by atoms with Gasteiger partial charge in [-0.15, -0.1) is 5.10 Å². The summed E-state index contributed by atoms with van der Waals surface area (Å²) in [7, 11) is 0. The average molecular weight is 294 g/mol. The average Bonchev–Trinajstić information content (AvgIpc) is 2.70. The van der Waals surface area contributed by atoms with Gasteiger partial charge in [-0.05, 0) is 39.5 Å². The van der Waals surface area contributed by atoms with Crippen molar-refractivity contribution in [2.75, 3.05) is 11.9 Å². The van der Waals surface area contributed by atoms with E-state index in [0.29, 0.717) is 11.0 Å². The van der Waals surface area contributed by atoms with E-state index in [1.807, 2.05) is 33.8 Å². The van der Waals surface area contributed by atoms with E-state index in [0.717, 1.165) is 17.4 Å². The third-order valence-corrected chi connectivity index (χ3v) is 3.45. The highest BCUT2D eigenvalue weighted by Gasteiger charge is 2.14. The minimum Gasteiger partial charge on any atom is -0.370 e. The number of H-pyrrole nitrogens is 1. The molecule has 2 aromatic heterocycles. The zero-order valence-corrected chi connectivity index (χ0v) is 12.8. The van der Waals surface area contributed by atoms with Crippen LogP contribution in [0.5, 0.6) is 0 Å². The Morgan fingerprint density at radius 3 is 2.85 bits per heavy atom. The van der Waals surface area contributed by atoms with Crippen LogP contribution in [-0.2, 0) is 0 Å². The molecular weight excluding hydrogens is 276 g/mol. The maximum absolute atomic E-state index is 11.7. The van der Waals surface area contributed by atoms with Crippen LogP contribution in [-0.4, -0.2) is 31.3 Å². The summed E-state index contributed by atoms with van der Waals surface area (Å²) < 4.78 is 1.61. The number of aromatic nitrogens is 5. The van der Waals surface area contributed by atoms with E-state index in [1.165, 1.54) is 11.8 Å². The third-order valence-electron chi connectivity index (χ3n) is 2.56. The third kappa shape index (κ3) is 3.19. The van der Waals surface area contributed by atoms with Gasteiger partial charge in [0.05, 0.1) is 0 Å². The Kier molecular flexibility index (Phi) is 4.43. The Labute approximate surface area is 121 Å². The topological polar surface area (TPSA) is 88.5 Å². The van der Waals surface area contributed by atoms with Gasteiger partial charge < -0.3 is 5.32 Å². The number of nitrogens with zero attached hydrogens (tertiary/aromatic N) is 4. The van der Waals surface area contributed by atoms with Crippen molar-refractivity contribution >= 4 is 17.6 Å². The molecule has 2 aromatic rings. The summed E-state index contributed by atoms with van der Waals surface area (Å²) in [5.74, 6) is 1.46. The molecule has 2 N–H and O–H groups in total. The number of anilines is 1. The van der Waals surface area contributed by atoms with Gasteiger partial charge in [0.25, 0.3) is 0 Å². The molecule has 20 heavy (non-hydrogen) atoms. The van der Waals surface area contributed by atoms with Crippen LogP contribution in [0, 0.1) is 6.92 Å². The van der Waals surface area contributed by atoms with Crippen molar-refractivity contribution in [1.82, 2.24) is 24.7 Å². The van der Waals surface area contributed by atoms with E-state index in [1.54, 1.807) is 4.57 Å². The van der Waals surface area contributed by atoms with Crippen molar-refractivity contribution in [2.45, 2.75) is 43.9 Å². The van der Waals surface area contributed by atoms with Gasteiger partial charge in [-0.25, -0.2) is 19.9 Å². The van der Waals surface area contributed by atoms with Gasteiger partial charge in [0.1, 0.15) is 16.7 Å². The Balaban J connectivity index is 2.32. The molecule has 0 aliphatic rings. The maximum atomic E-state index is 11.7. The first-order chi connectivity index (χ1) is 9.51. The Morgan fingerprint density at radius 2 is 2.20 bits per heavy atom. The van der Waals surface area contributed by atoms with Gasteiger partial charge in [-0.1, -0.05) is 0 Å². The molecule has 0 spiro atoms. The van der Waals surface area contributed by atoms with E-state index in [2.05, 4.69) is 25.5 Å². The molecule has 0 aliphatic heterocycles. The van der Waals surface area contributed by atoms with Crippen molar-refractivity contribution in [3.8, 4) is 0 Å². The summed E-state index contributed by atoms with van der Waals surface area (Å²) in [6.45, 7) is 8.52. The number of hydrogen-bond acceptors (Lipinski definition) is 6. The summed E-state index contributed by atoms with van der Waals surface area (Å²) in [6, 6.07) is 1.89. The second-order valence-corrected chi connectivity index (χ2v) is 5.53. The van der Waals surface area contributed by atoms with Crippen LogP contribution in [0.15, 0.2) is 21.0 Å². The van der Waals surface area contributed by atoms with Crippen LogP contribution in [0.3, 0.4) is 0 Å². The number of hydrogen-bond donors (Lipinski definition) is 2. The SMILES string of the molecule is CCNc1cc(Sc2n[nH]c(=O)n2C(C)C)nc(C)n1. The molecule has 0 radical (unpaired) electrons. The second kappa shape index (κ2) is 6.08. The maximum Gasteiger partial charge on any atom is 0.344 e. The number of aromatic amines is 1. The Morgan fingerprint density at radius 1 is 1.45 bits per heavy atom. The highest BCUT2D eigenvalue weighted by Crippen LogP contribution is 2.26. The largest absolute Gasteiger partial charge is 0.370 e. The molecule has 0 aromatic carbocycles. The van der Waals surface area contributed by atoms with Gasteiger partial charge in [0.15, 0.2) is 5.16 Å². The van der Waals surface area contributed by atoms with Crippen molar-refractivity contribution in [3.05, 3.63) is 22.4 Å². The molecule has 0 atom stereocenters. The van der Waals surface area contributed by atoms with Crippen molar-refractivity contribution in [3.63, 3.8) is 0 Å². The van der Waals surface area contributed by atoms with Crippen LogP contribution in [0.4, 0.5) is 5.82 Å². The minimum absolute atomic E-state index is 0.0416. The number of nitrogens with one attached hydrogen (secondary N) is 2. The summed E-state index contributed by atoms with van der Waals surface area (Å²) in [4.78, 5) is 20.4. The van der Waals surface area contributed by atoms with Gasteiger partial charge >= 0.3 is 5.69 Å². The summed E-state index contributed by atoms with van der Waals surface area (Å²) in [5, 5.41) is 11.0.